The lowest BCUT2D eigenvalue weighted by Gasteiger charge is -2.19. The maximum absolute atomic E-state index is 12.0. The van der Waals surface area contributed by atoms with Gasteiger partial charge in [0.1, 0.15) is 0 Å². The Labute approximate surface area is 121 Å². The van der Waals surface area contributed by atoms with Crippen molar-refractivity contribution in [2.75, 3.05) is 19.8 Å². The van der Waals surface area contributed by atoms with Gasteiger partial charge in [0.05, 0.1) is 12.5 Å². The van der Waals surface area contributed by atoms with Gasteiger partial charge < -0.3 is 15.8 Å². The van der Waals surface area contributed by atoms with Crippen molar-refractivity contribution in [3.63, 3.8) is 0 Å². The number of hydrogen-bond donors (Lipinski definition) is 2. The summed E-state index contributed by atoms with van der Waals surface area (Å²) in [5, 5.41) is 2.86. The van der Waals surface area contributed by atoms with Gasteiger partial charge in [0, 0.05) is 19.2 Å². The van der Waals surface area contributed by atoms with Crippen LogP contribution >= 0.6 is 0 Å². The van der Waals surface area contributed by atoms with E-state index in [-0.39, 0.29) is 17.9 Å². The first kappa shape index (κ1) is 16.7. The summed E-state index contributed by atoms with van der Waals surface area (Å²) < 4.78 is 5.42. The SMILES string of the molecule is CC(C)COCCNC(=O)C(C)C(N)c1ccccc1. The monoisotopic (exact) mass is 278 g/mol. The molecule has 0 heterocycles. The van der Waals surface area contributed by atoms with E-state index in [4.69, 9.17) is 10.5 Å². The molecule has 0 aromatic heterocycles. The van der Waals surface area contributed by atoms with E-state index in [1.54, 1.807) is 0 Å². The second-order valence-electron chi connectivity index (χ2n) is 5.48. The molecular formula is C16H26N2O2. The van der Waals surface area contributed by atoms with Gasteiger partial charge in [-0.15, -0.1) is 0 Å². The first-order valence-corrected chi connectivity index (χ1v) is 7.18. The van der Waals surface area contributed by atoms with E-state index in [0.29, 0.717) is 19.1 Å². The van der Waals surface area contributed by atoms with Crippen LogP contribution in [-0.4, -0.2) is 25.7 Å². The van der Waals surface area contributed by atoms with E-state index in [2.05, 4.69) is 19.2 Å². The van der Waals surface area contributed by atoms with Gasteiger partial charge in [-0.2, -0.15) is 0 Å². The molecule has 0 radical (unpaired) electrons. The lowest BCUT2D eigenvalue weighted by molar-refractivity contribution is -0.125. The molecule has 4 heteroatoms. The van der Waals surface area contributed by atoms with Crippen molar-refractivity contribution in [1.29, 1.82) is 0 Å². The van der Waals surface area contributed by atoms with Crippen molar-refractivity contribution in [3.05, 3.63) is 35.9 Å². The Kier molecular flexibility index (Phi) is 7.26. The Morgan fingerprint density at radius 1 is 1.25 bits per heavy atom. The van der Waals surface area contributed by atoms with Gasteiger partial charge in [-0.25, -0.2) is 0 Å². The minimum atomic E-state index is -0.284. The number of hydrogen-bond acceptors (Lipinski definition) is 3. The van der Waals surface area contributed by atoms with E-state index in [1.165, 1.54) is 0 Å². The molecular weight excluding hydrogens is 252 g/mol. The number of carbonyl (C=O) groups is 1. The zero-order valence-electron chi connectivity index (χ0n) is 12.6. The van der Waals surface area contributed by atoms with Crippen LogP contribution < -0.4 is 11.1 Å². The summed E-state index contributed by atoms with van der Waals surface area (Å²) >= 11 is 0. The van der Waals surface area contributed by atoms with Crippen molar-refractivity contribution in [3.8, 4) is 0 Å². The predicted octanol–water partition coefficient (Wildman–Crippen LogP) is 2.11. The Morgan fingerprint density at radius 2 is 1.90 bits per heavy atom. The van der Waals surface area contributed by atoms with Crippen molar-refractivity contribution in [1.82, 2.24) is 5.32 Å². The Bertz CT molecular complexity index is 393. The molecule has 0 bridgehead atoms. The van der Waals surface area contributed by atoms with Gasteiger partial charge in [-0.3, -0.25) is 4.79 Å². The van der Waals surface area contributed by atoms with E-state index >= 15 is 0 Å². The minimum Gasteiger partial charge on any atom is -0.379 e. The molecule has 112 valence electrons. The number of ether oxygens (including phenoxy) is 1. The van der Waals surface area contributed by atoms with Crippen LogP contribution in [0, 0.1) is 11.8 Å². The van der Waals surface area contributed by atoms with Gasteiger partial charge in [-0.1, -0.05) is 51.1 Å². The second-order valence-corrected chi connectivity index (χ2v) is 5.48. The third kappa shape index (κ3) is 5.72. The van der Waals surface area contributed by atoms with E-state index < -0.39 is 0 Å². The summed E-state index contributed by atoms with van der Waals surface area (Å²) in [4.78, 5) is 12.0. The number of nitrogens with one attached hydrogen (secondary N) is 1. The van der Waals surface area contributed by atoms with E-state index in [9.17, 15) is 4.79 Å². The van der Waals surface area contributed by atoms with Crippen LogP contribution in [0.2, 0.25) is 0 Å². The fourth-order valence-electron chi connectivity index (χ4n) is 1.85. The van der Waals surface area contributed by atoms with Crippen molar-refractivity contribution < 1.29 is 9.53 Å². The van der Waals surface area contributed by atoms with Gasteiger partial charge in [-0.05, 0) is 11.5 Å². The molecule has 20 heavy (non-hydrogen) atoms. The molecule has 0 saturated heterocycles. The number of rotatable bonds is 8. The van der Waals surface area contributed by atoms with Crippen LogP contribution in [0.15, 0.2) is 30.3 Å². The fraction of sp³-hybridized carbons (Fsp3) is 0.562. The van der Waals surface area contributed by atoms with Crippen molar-refractivity contribution in [2.45, 2.75) is 26.8 Å². The molecule has 1 rings (SSSR count). The summed E-state index contributed by atoms with van der Waals surface area (Å²) in [6.45, 7) is 7.82. The molecule has 0 aliphatic carbocycles. The second kappa shape index (κ2) is 8.72. The molecule has 0 aliphatic heterocycles. The zero-order valence-corrected chi connectivity index (χ0v) is 12.6. The Balaban J connectivity index is 2.32. The highest BCUT2D eigenvalue weighted by Crippen LogP contribution is 2.18. The maximum Gasteiger partial charge on any atom is 0.224 e. The Morgan fingerprint density at radius 3 is 2.50 bits per heavy atom. The highest BCUT2D eigenvalue weighted by atomic mass is 16.5. The molecule has 4 nitrogen and oxygen atoms in total. The van der Waals surface area contributed by atoms with Crippen LogP contribution in [0.1, 0.15) is 32.4 Å². The van der Waals surface area contributed by atoms with Gasteiger partial charge >= 0.3 is 0 Å². The standard InChI is InChI=1S/C16H26N2O2/c1-12(2)11-20-10-9-18-16(19)13(3)15(17)14-7-5-4-6-8-14/h4-8,12-13,15H,9-11,17H2,1-3H3,(H,18,19). The summed E-state index contributed by atoms with van der Waals surface area (Å²) in [6, 6.07) is 9.40. The number of carbonyl (C=O) groups excluding carboxylic acids is 1. The lowest BCUT2D eigenvalue weighted by Crippen LogP contribution is -2.37. The first-order valence-electron chi connectivity index (χ1n) is 7.18. The number of benzene rings is 1. The Hall–Kier alpha value is -1.39. The molecule has 1 aromatic carbocycles. The van der Waals surface area contributed by atoms with Gasteiger partial charge in [0.15, 0.2) is 0 Å². The highest BCUT2D eigenvalue weighted by molar-refractivity contribution is 5.79. The molecule has 0 fully saturated rings. The molecule has 0 saturated carbocycles. The summed E-state index contributed by atoms with van der Waals surface area (Å²) in [7, 11) is 0. The van der Waals surface area contributed by atoms with Crippen molar-refractivity contribution >= 4 is 5.91 Å². The predicted molar refractivity (Wildman–Crippen MR) is 81.2 cm³/mol. The topological polar surface area (TPSA) is 64.3 Å². The average molecular weight is 278 g/mol. The van der Waals surface area contributed by atoms with Gasteiger partial charge in [0.2, 0.25) is 5.91 Å². The quantitative estimate of drug-likeness (QED) is 0.716. The molecule has 3 N–H and O–H groups in total. The van der Waals surface area contributed by atoms with Crippen LogP contribution in [0.3, 0.4) is 0 Å². The normalized spacial score (nSPS) is 14.1. The minimum absolute atomic E-state index is 0.0329. The third-order valence-corrected chi connectivity index (χ3v) is 3.13. The summed E-state index contributed by atoms with van der Waals surface area (Å²) in [5.74, 6) is 0.216. The lowest BCUT2D eigenvalue weighted by atomic mass is 9.95. The molecule has 0 spiro atoms. The summed E-state index contributed by atoms with van der Waals surface area (Å²) in [6.07, 6.45) is 0. The summed E-state index contributed by atoms with van der Waals surface area (Å²) in [5.41, 5.74) is 7.10. The molecule has 1 amide bonds. The molecule has 2 unspecified atom stereocenters. The van der Waals surface area contributed by atoms with Gasteiger partial charge in [0.25, 0.3) is 0 Å². The average Bonchev–Trinajstić information content (AvgIpc) is 2.45. The third-order valence-electron chi connectivity index (χ3n) is 3.13. The van der Waals surface area contributed by atoms with Crippen LogP contribution in [0.25, 0.3) is 0 Å². The van der Waals surface area contributed by atoms with Crippen LogP contribution in [0.4, 0.5) is 0 Å². The smallest absolute Gasteiger partial charge is 0.224 e. The molecule has 1 aromatic rings. The highest BCUT2D eigenvalue weighted by Gasteiger charge is 2.21. The van der Waals surface area contributed by atoms with Crippen LogP contribution in [0.5, 0.6) is 0 Å². The number of amides is 1. The largest absolute Gasteiger partial charge is 0.379 e. The maximum atomic E-state index is 12.0. The molecule has 2 atom stereocenters. The van der Waals surface area contributed by atoms with Crippen LogP contribution in [-0.2, 0) is 9.53 Å². The van der Waals surface area contributed by atoms with Crippen molar-refractivity contribution in [2.24, 2.45) is 17.6 Å². The zero-order chi connectivity index (χ0) is 15.0. The van der Waals surface area contributed by atoms with E-state index in [0.717, 1.165) is 12.2 Å². The van der Waals surface area contributed by atoms with E-state index in [1.807, 2.05) is 37.3 Å². The fourth-order valence-corrected chi connectivity index (χ4v) is 1.85. The number of nitrogens with two attached hydrogens (primary N) is 1. The molecule has 0 aliphatic rings. The first-order chi connectivity index (χ1) is 9.52.